The number of fused-ring (bicyclic) bond motifs is 1. The smallest absolute Gasteiger partial charge is 0.240 e. The summed E-state index contributed by atoms with van der Waals surface area (Å²) in [4.78, 5) is 13.1. The van der Waals surface area contributed by atoms with Crippen LogP contribution in [0.1, 0.15) is 25.1 Å². The lowest BCUT2D eigenvalue weighted by atomic mass is 10.3. The van der Waals surface area contributed by atoms with E-state index in [4.69, 9.17) is 11.1 Å². The molecule has 0 spiro atoms. The van der Waals surface area contributed by atoms with Crippen molar-refractivity contribution in [2.45, 2.75) is 26.7 Å². The van der Waals surface area contributed by atoms with Crippen molar-refractivity contribution >= 4 is 33.3 Å². The maximum atomic E-state index is 8.77. The average Bonchev–Trinajstić information content (AvgIpc) is 2.90. The van der Waals surface area contributed by atoms with Crippen molar-refractivity contribution in [2.24, 2.45) is 5.84 Å². The molecule has 0 saturated carbocycles. The minimum atomic E-state index is 0.410. The second-order valence-corrected chi connectivity index (χ2v) is 5.40. The SMILES string of the molecule is CCc1cc2c(N(CC)CCC#N)nc(NN)nc2s1. The Hall–Kier alpha value is -1.91. The van der Waals surface area contributed by atoms with E-state index in [0.717, 1.165) is 29.0 Å². The van der Waals surface area contributed by atoms with E-state index in [9.17, 15) is 0 Å². The lowest BCUT2D eigenvalue weighted by Crippen LogP contribution is -2.25. The van der Waals surface area contributed by atoms with Crippen molar-refractivity contribution < 1.29 is 0 Å². The van der Waals surface area contributed by atoms with E-state index in [-0.39, 0.29) is 0 Å². The van der Waals surface area contributed by atoms with E-state index < -0.39 is 0 Å². The molecule has 0 aliphatic carbocycles. The van der Waals surface area contributed by atoms with Crippen LogP contribution in [0.5, 0.6) is 0 Å². The number of nitrogens with one attached hydrogen (secondary N) is 1. The topological polar surface area (TPSA) is 90.9 Å². The van der Waals surface area contributed by atoms with E-state index in [1.165, 1.54) is 4.88 Å². The molecule has 0 amide bonds. The number of nitriles is 1. The Labute approximate surface area is 122 Å². The van der Waals surface area contributed by atoms with Crippen LogP contribution in [0.4, 0.5) is 11.8 Å². The van der Waals surface area contributed by atoms with Crippen LogP contribution in [-0.2, 0) is 6.42 Å². The van der Waals surface area contributed by atoms with E-state index in [2.05, 4.69) is 39.4 Å². The summed E-state index contributed by atoms with van der Waals surface area (Å²) in [6.45, 7) is 5.61. The molecule has 2 aromatic rings. The van der Waals surface area contributed by atoms with Crippen LogP contribution < -0.4 is 16.2 Å². The number of aryl methyl sites for hydroxylation is 1. The summed E-state index contributed by atoms with van der Waals surface area (Å²) in [6, 6.07) is 4.30. The molecule has 0 aromatic carbocycles. The summed E-state index contributed by atoms with van der Waals surface area (Å²) in [6.07, 6.45) is 1.44. The second kappa shape index (κ2) is 6.50. The quantitative estimate of drug-likeness (QED) is 0.626. The number of aromatic nitrogens is 2. The van der Waals surface area contributed by atoms with E-state index >= 15 is 0 Å². The summed E-state index contributed by atoms with van der Waals surface area (Å²) < 4.78 is 0. The normalized spacial score (nSPS) is 10.5. The molecular formula is C13H18N6S. The summed E-state index contributed by atoms with van der Waals surface area (Å²) in [7, 11) is 0. The minimum Gasteiger partial charge on any atom is -0.355 e. The fourth-order valence-corrected chi connectivity index (χ4v) is 3.00. The largest absolute Gasteiger partial charge is 0.355 e. The minimum absolute atomic E-state index is 0.410. The predicted molar refractivity (Wildman–Crippen MR) is 82.7 cm³/mol. The molecular weight excluding hydrogens is 272 g/mol. The van der Waals surface area contributed by atoms with Crippen LogP contribution in [0.25, 0.3) is 10.2 Å². The Morgan fingerprint density at radius 2 is 2.25 bits per heavy atom. The number of hydrazine groups is 1. The monoisotopic (exact) mass is 290 g/mol. The highest BCUT2D eigenvalue weighted by Gasteiger charge is 2.15. The Bertz CT molecular complexity index is 630. The van der Waals surface area contributed by atoms with E-state index in [0.29, 0.717) is 18.9 Å². The molecule has 20 heavy (non-hydrogen) atoms. The summed E-state index contributed by atoms with van der Waals surface area (Å²) in [5.74, 6) is 6.70. The molecule has 0 radical (unpaired) electrons. The number of rotatable bonds is 6. The highest BCUT2D eigenvalue weighted by molar-refractivity contribution is 7.18. The number of hydrogen-bond donors (Lipinski definition) is 2. The van der Waals surface area contributed by atoms with Crippen molar-refractivity contribution in [3.8, 4) is 6.07 Å². The van der Waals surface area contributed by atoms with Gasteiger partial charge in [0.15, 0.2) is 0 Å². The lowest BCUT2D eigenvalue weighted by molar-refractivity contribution is 0.814. The molecule has 0 atom stereocenters. The van der Waals surface area contributed by atoms with Crippen molar-refractivity contribution in [3.05, 3.63) is 10.9 Å². The fraction of sp³-hybridized carbons (Fsp3) is 0.462. The molecule has 7 heteroatoms. The van der Waals surface area contributed by atoms with Crippen molar-refractivity contribution in [1.29, 1.82) is 5.26 Å². The summed E-state index contributed by atoms with van der Waals surface area (Å²) in [5.41, 5.74) is 2.51. The van der Waals surface area contributed by atoms with Gasteiger partial charge in [-0.05, 0) is 19.4 Å². The lowest BCUT2D eigenvalue weighted by Gasteiger charge is -2.21. The van der Waals surface area contributed by atoms with Gasteiger partial charge in [0.25, 0.3) is 0 Å². The predicted octanol–water partition coefficient (Wildman–Crippen LogP) is 2.28. The first kappa shape index (κ1) is 14.5. The van der Waals surface area contributed by atoms with Crippen molar-refractivity contribution in [2.75, 3.05) is 23.4 Å². The molecule has 0 bridgehead atoms. The van der Waals surface area contributed by atoms with Gasteiger partial charge in [-0.25, -0.2) is 10.8 Å². The molecule has 0 saturated heterocycles. The van der Waals surface area contributed by atoms with Crippen LogP contribution >= 0.6 is 11.3 Å². The zero-order valence-electron chi connectivity index (χ0n) is 11.7. The second-order valence-electron chi connectivity index (χ2n) is 4.29. The molecule has 2 rings (SSSR count). The van der Waals surface area contributed by atoms with E-state index in [1.54, 1.807) is 11.3 Å². The average molecular weight is 290 g/mol. The first-order valence-corrected chi connectivity index (χ1v) is 7.44. The standard InChI is InChI=1S/C13H18N6S/c1-3-9-8-10-11(19(4-2)7-5-6-14)16-13(18-15)17-12(10)20-9/h8H,3-5,7,15H2,1-2H3,(H,16,17,18). The van der Waals surface area contributed by atoms with Gasteiger partial charge >= 0.3 is 0 Å². The van der Waals surface area contributed by atoms with Crippen LogP contribution in [0.15, 0.2) is 6.07 Å². The molecule has 3 N–H and O–H groups in total. The van der Waals surface area contributed by atoms with Gasteiger partial charge in [0.05, 0.1) is 17.9 Å². The van der Waals surface area contributed by atoms with Crippen molar-refractivity contribution in [3.63, 3.8) is 0 Å². The van der Waals surface area contributed by atoms with Crippen LogP contribution in [0.3, 0.4) is 0 Å². The fourth-order valence-electron chi connectivity index (χ4n) is 2.03. The maximum Gasteiger partial charge on any atom is 0.240 e. The van der Waals surface area contributed by atoms with Crippen LogP contribution in [-0.4, -0.2) is 23.1 Å². The van der Waals surface area contributed by atoms with E-state index in [1.807, 2.05) is 6.92 Å². The molecule has 6 nitrogen and oxygen atoms in total. The number of nitrogen functional groups attached to an aromatic ring is 1. The molecule has 0 aliphatic rings. The molecule has 2 heterocycles. The molecule has 2 aromatic heterocycles. The molecule has 106 valence electrons. The first-order valence-electron chi connectivity index (χ1n) is 6.62. The highest BCUT2D eigenvalue weighted by atomic mass is 32.1. The van der Waals surface area contributed by atoms with Gasteiger partial charge in [0.1, 0.15) is 10.6 Å². The first-order chi connectivity index (χ1) is 9.73. The maximum absolute atomic E-state index is 8.77. The third kappa shape index (κ3) is 2.81. The number of nitrogens with two attached hydrogens (primary N) is 1. The van der Waals surface area contributed by atoms with Gasteiger partial charge in [-0.2, -0.15) is 10.2 Å². The van der Waals surface area contributed by atoms with Gasteiger partial charge in [-0.1, -0.05) is 6.92 Å². The third-order valence-corrected chi connectivity index (χ3v) is 4.25. The Morgan fingerprint density at radius 1 is 1.45 bits per heavy atom. The van der Waals surface area contributed by atoms with Gasteiger partial charge in [0, 0.05) is 18.0 Å². The van der Waals surface area contributed by atoms with Crippen LogP contribution in [0.2, 0.25) is 0 Å². The number of nitrogens with zero attached hydrogens (tertiary/aromatic N) is 4. The zero-order valence-corrected chi connectivity index (χ0v) is 12.5. The van der Waals surface area contributed by atoms with Gasteiger partial charge < -0.3 is 4.90 Å². The highest BCUT2D eigenvalue weighted by Crippen LogP contribution is 2.32. The van der Waals surface area contributed by atoms with Gasteiger partial charge in [0.2, 0.25) is 5.95 Å². The van der Waals surface area contributed by atoms with Gasteiger partial charge in [-0.15, -0.1) is 11.3 Å². The Balaban J connectivity index is 2.53. The number of anilines is 2. The number of thiophene rings is 1. The molecule has 0 fully saturated rings. The zero-order chi connectivity index (χ0) is 14.5. The van der Waals surface area contributed by atoms with Crippen molar-refractivity contribution in [1.82, 2.24) is 9.97 Å². The Morgan fingerprint density at radius 3 is 2.85 bits per heavy atom. The summed E-state index contributed by atoms with van der Waals surface area (Å²) in [5, 5.41) is 9.81. The summed E-state index contributed by atoms with van der Waals surface area (Å²) >= 11 is 1.65. The third-order valence-electron chi connectivity index (χ3n) is 3.08. The Kier molecular flexibility index (Phi) is 4.71. The number of hydrogen-bond acceptors (Lipinski definition) is 7. The van der Waals surface area contributed by atoms with Crippen LogP contribution in [0, 0.1) is 11.3 Å². The van der Waals surface area contributed by atoms with Gasteiger partial charge in [-0.3, -0.25) is 5.43 Å². The molecule has 0 aliphatic heterocycles. The molecule has 0 unspecified atom stereocenters.